The Morgan fingerprint density at radius 3 is 2.30 bits per heavy atom. The van der Waals surface area contributed by atoms with Crippen LogP contribution < -0.4 is 14.2 Å². The van der Waals surface area contributed by atoms with Crippen LogP contribution in [-0.4, -0.2) is 43.1 Å². The summed E-state index contributed by atoms with van der Waals surface area (Å²) in [5.41, 5.74) is 2.76. The van der Waals surface area contributed by atoms with E-state index in [-0.39, 0.29) is 6.01 Å². The lowest BCUT2D eigenvalue weighted by Crippen LogP contribution is -2.12. The molecule has 2 rings (SSSR count). The molecule has 0 saturated heterocycles. The molecule has 0 amide bonds. The Hall–Kier alpha value is -3.09. The molecule has 0 spiro atoms. The first-order valence-corrected chi connectivity index (χ1v) is 8.63. The third-order valence-corrected chi connectivity index (χ3v) is 3.53. The molecule has 0 N–H and O–H groups in total. The van der Waals surface area contributed by atoms with Crippen molar-refractivity contribution in [1.82, 2.24) is 9.97 Å². The Balaban J connectivity index is 1.83. The van der Waals surface area contributed by atoms with Crippen LogP contribution >= 0.6 is 0 Å². The average Bonchev–Trinajstić information content (AvgIpc) is 2.66. The number of nitrogens with zero attached hydrogens (tertiary/aromatic N) is 3. The highest BCUT2D eigenvalue weighted by Gasteiger charge is 2.08. The van der Waals surface area contributed by atoms with Crippen LogP contribution in [0.25, 0.3) is 0 Å². The van der Waals surface area contributed by atoms with Crippen molar-refractivity contribution in [2.45, 2.75) is 20.8 Å². The van der Waals surface area contributed by atoms with Crippen molar-refractivity contribution in [2.75, 3.05) is 26.9 Å². The Morgan fingerprint density at radius 1 is 1.00 bits per heavy atom. The average molecular weight is 371 g/mol. The van der Waals surface area contributed by atoms with Gasteiger partial charge in [0, 0.05) is 18.0 Å². The largest absolute Gasteiger partial charge is 0.490 e. The summed E-state index contributed by atoms with van der Waals surface area (Å²) in [6, 6.07) is 4.22. The van der Waals surface area contributed by atoms with Crippen molar-refractivity contribution >= 4 is 6.21 Å². The molecule has 2 aromatic rings. The molecule has 1 aromatic heterocycles. The standard InChI is InChI=1S/C20H25N3O4/c1-5-6-7-25-18-10-15(2)19(16(3)11-18)26-8-9-27-20-21-12-17(13-22-20)14-23-24-4/h5-6,10-14H,7-9H2,1-4H3/b6-5+,23-14?. The summed E-state index contributed by atoms with van der Waals surface area (Å²) < 4.78 is 17.0. The quantitative estimate of drug-likeness (QED) is 0.275. The number of hydrogen-bond donors (Lipinski definition) is 0. The van der Waals surface area contributed by atoms with Gasteiger partial charge in [-0.15, -0.1) is 0 Å². The minimum Gasteiger partial charge on any atom is -0.490 e. The van der Waals surface area contributed by atoms with Crippen LogP contribution in [0, 0.1) is 13.8 Å². The number of aryl methyl sites for hydroxylation is 2. The van der Waals surface area contributed by atoms with Crippen molar-refractivity contribution in [1.29, 1.82) is 0 Å². The molecule has 0 saturated carbocycles. The monoisotopic (exact) mass is 371 g/mol. The number of ether oxygens (including phenoxy) is 3. The van der Waals surface area contributed by atoms with E-state index in [1.807, 2.05) is 45.1 Å². The van der Waals surface area contributed by atoms with E-state index >= 15 is 0 Å². The van der Waals surface area contributed by atoms with Crippen molar-refractivity contribution in [3.63, 3.8) is 0 Å². The van der Waals surface area contributed by atoms with Gasteiger partial charge in [0.2, 0.25) is 0 Å². The normalized spacial score (nSPS) is 11.1. The molecular formula is C20H25N3O4. The van der Waals surface area contributed by atoms with Crippen molar-refractivity contribution in [3.05, 3.63) is 53.4 Å². The minimum absolute atomic E-state index is 0.286. The summed E-state index contributed by atoms with van der Waals surface area (Å²) in [5.74, 6) is 1.67. The number of allylic oxidation sites excluding steroid dienone is 1. The summed E-state index contributed by atoms with van der Waals surface area (Å²) in [4.78, 5) is 12.8. The Morgan fingerprint density at radius 2 is 1.67 bits per heavy atom. The molecule has 27 heavy (non-hydrogen) atoms. The van der Waals surface area contributed by atoms with Gasteiger partial charge in [-0.1, -0.05) is 17.3 Å². The van der Waals surface area contributed by atoms with Crippen molar-refractivity contribution in [3.8, 4) is 17.5 Å². The second-order valence-corrected chi connectivity index (χ2v) is 5.68. The molecule has 0 aliphatic carbocycles. The highest BCUT2D eigenvalue weighted by Crippen LogP contribution is 2.28. The van der Waals surface area contributed by atoms with E-state index in [0.29, 0.717) is 19.8 Å². The Labute approximate surface area is 159 Å². The first-order chi connectivity index (χ1) is 13.1. The Bertz CT molecular complexity index is 750. The molecule has 0 radical (unpaired) electrons. The van der Waals surface area contributed by atoms with E-state index in [9.17, 15) is 0 Å². The lowest BCUT2D eigenvalue weighted by atomic mass is 10.1. The van der Waals surface area contributed by atoms with Crippen LogP contribution in [0.2, 0.25) is 0 Å². The van der Waals surface area contributed by atoms with Gasteiger partial charge in [0.1, 0.15) is 38.4 Å². The molecular weight excluding hydrogens is 346 g/mol. The van der Waals surface area contributed by atoms with Gasteiger partial charge >= 0.3 is 6.01 Å². The third kappa shape index (κ3) is 6.62. The van der Waals surface area contributed by atoms with Gasteiger partial charge in [-0.3, -0.25) is 0 Å². The first kappa shape index (κ1) is 20.2. The lowest BCUT2D eigenvalue weighted by Gasteiger charge is -2.14. The van der Waals surface area contributed by atoms with Gasteiger partial charge in [0.05, 0.1) is 6.21 Å². The molecule has 0 atom stereocenters. The zero-order chi connectivity index (χ0) is 19.5. The van der Waals surface area contributed by atoms with E-state index in [1.54, 1.807) is 12.4 Å². The van der Waals surface area contributed by atoms with E-state index in [1.165, 1.54) is 13.3 Å². The maximum atomic E-state index is 5.86. The van der Waals surface area contributed by atoms with Gasteiger partial charge < -0.3 is 19.0 Å². The molecule has 7 nitrogen and oxygen atoms in total. The second-order valence-electron chi connectivity index (χ2n) is 5.68. The molecule has 1 heterocycles. The zero-order valence-electron chi connectivity index (χ0n) is 16.1. The van der Waals surface area contributed by atoms with Crippen LogP contribution in [0.3, 0.4) is 0 Å². The fourth-order valence-electron chi connectivity index (χ4n) is 2.32. The second kappa shape index (κ2) is 10.8. The topological polar surface area (TPSA) is 75.1 Å². The van der Waals surface area contributed by atoms with Gasteiger partial charge in [-0.05, 0) is 44.0 Å². The summed E-state index contributed by atoms with van der Waals surface area (Å²) in [5, 5.41) is 3.65. The van der Waals surface area contributed by atoms with Gasteiger partial charge in [0.15, 0.2) is 0 Å². The van der Waals surface area contributed by atoms with Crippen LogP contribution in [-0.2, 0) is 4.84 Å². The van der Waals surface area contributed by atoms with Crippen LogP contribution in [0.5, 0.6) is 17.5 Å². The van der Waals surface area contributed by atoms with Crippen LogP contribution in [0.1, 0.15) is 23.6 Å². The fourth-order valence-corrected chi connectivity index (χ4v) is 2.32. The molecule has 0 unspecified atom stereocenters. The minimum atomic E-state index is 0.286. The smallest absolute Gasteiger partial charge is 0.316 e. The first-order valence-electron chi connectivity index (χ1n) is 8.63. The molecule has 0 bridgehead atoms. The molecule has 0 aliphatic heterocycles. The van der Waals surface area contributed by atoms with Crippen molar-refractivity contribution < 1.29 is 19.0 Å². The summed E-state index contributed by atoms with van der Waals surface area (Å²) in [6.45, 7) is 7.23. The number of oxime groups is 1. The summed E-state index contributed by atoms with van der Waals surface area (Å²) >= 11 is 0. The number of aromatic nitrogens is 2. The Kier molecular flexibility index (Phi) is 8.09. The third-order valence-electron chi connectivity index (χ3n) is 3.53. The SMILES string of the molecule is C/C=C/COc1cc(C)c(OCCOc2ncc(C=NOC)cn2)c(C)c1. The van der Waals surface area contributed by atoms with Gasteiger partial charge in [-0.25, -0.2) is 9.97 Å². The summed E-state index contributed by atoms with van der Waals surface area (Å²) in [7, 11) is 1.47. The number of hydrogen-bond acceptors (Lipinski definition) is 7. The molecule has 1 aromatic carbocycles. The van der Waals surface area contributed by atoms with Crippen molar-refractivity contribution in [2.24, 2.45) is 5.16 Å². The predicted octanol–water partition coefficient (Wildman–Crippen LogP) is 3.49. The predicted molar refractivity (Wildman–Crippen MR) is 104 cm³/mol. The van der Waals surface area contributed by atoms with E-state index in [0.717, 1.165) is 28.2 Å². The van der Waals surface area contributed by atoms with Crippen LogP contribution in [0.4, 0.5) is 0 Å². The van der Waals surface area contributed by atoms with E-state index in [4.69, 9.17) is 14.2 Å². The molecule has 7 heteroatoms. The fraction of sp³-hybridized carbons (Fsp3) is 0.350. The molecule has 144 valence electrons. The van der Waals surface area contributed by atoms with Crippen LogP contribution in [0.15, 0.2) is 41.8 Å². The van der Waals surface area contributed by atoms with Gasteiger partial charge in [-0.2, -0.15) is 0 Å². The maximum absolute atomic E-state index is 5.86. The maximum Gasteiger partial charge on any atom is 0.316 e. The number of benzene rings is 1. The highest BCUT2D eigenvalue weighted by molar-refractivity contribution is 5.77. The molecule has 0 aliphatic rings. The molecule has 0 fully saturated rings. The number of rotatable bonds is 10. The summed E-state index contributed by atoms with van der Waals surface area (Å²) in [6.07, 6.45) is 8.65. The van der Waals surface area contributed by atoms with E-state index in [2.05, 4.69) is 20.0 Å². The lowest BCUT2D eigenvalue weighted by molar-refractivity contribution is 0.204. The highest BCUT2D eigenvalue weighted by atomic mass is 16.6. The van der Waals surface area contributed by atoms with Gasteiger partial charge in [0.25, 0.3) is 0 Å². The zero-order valence-corrected chi connectivity index (χ0v) is 16.1. The van der Waals surface area contributed by atoms with E-state index < -0.39 is 0 Å².